The number of likely N-dealkylation sites (N-methyl/N-ethyl adjacent to an activating group) is 1. The van der Waals surface area contributed by atoms with E-state index in [0.29, 0.717) is 6.04 Å². The van der Waals surface area contributed by atoms with Crippen LogP contribution >= 0.6 is 11.3 Å². The van der Waals surface area contributed by atoms with Crippen LogP contribution in [0.3, 0.4) is 0 Å². The second-order valence-electron chi connectivity index (χ2n) is 5.48. The van der Waals surface area contributed by atoms with Crippen LogP contribution in [0.1, 0.15) is 24.3 Å². The van der Waals surface area contributed by atoms with Gasteiger partial charge in [0, 0.05) is 50.2 Å². The summed E-state index contributed by atoms with van der Waals surface area (Å²) in [4.78, 5) is 6.63. The molecule has 0 radical (unpaired) electrons. The van der Waals surface area contributed by atoms with E-state index in [0.717, 1.165) is 13.1 Å². The predicted molar refractivity (Wildman–Crippen MR) is 83.9 cm³/mol. The number of nitrogens with zero attached hydrogens (tertiary/aromatic N) is 2. The Morgan fingerprint density at radius 2 is 2.26 bits per heavy atom. The van der Waals surface area contributed by atoms with Gasteiger partial charge in [-0.15, -0.1) is 11.3 Å². The molecule has 0 bridgehead atoms. The molecule has 1 aliphatic heterocycles. The smallest absolute Gasteiger partial charge is 0.0302 e. The van der Waals surface area contributed by atoms with Crippen LogP contribution in [0.5, 0.6) is 0 Å². The second-order valence-corrected chi connectivity index (χ2v) is 6.48. The lowest BCUT2D eigenvalue weighted by molar-refractivity contribution is 0.0887. The van der Waals surface area contributed by atoms with Crippen LogP contribution in [0, 0.1) is 6.92 Å². The zero-order chi connectivity index (χ0) is 13.7. The second kappa shape index (κ2) is 7.39. The molecule has 19 heavy (non-hydrogen) atoms. The molecule has 0 spiro atoms. The number of rotatable bonds is 6. The standard InChI is InChI=1S/C15H27N3S/c1-4-18-9-8-17(12-14(18)3)7-6-16-11-15-13(2)5-10-19-15/h5,10,14,16H,4,6-9,11-12H2,1-3H3. The molecular formula is C15H27N3S. The fourth-order valence-corrected chi connectivity index (χ4v) is 3.64. The lowest BCUT2D eigenvalue weighted by Gasteiger charge is -2.39. The topological polar surface area (TPSA) is 18.5 Å². The number of aryl methyl sites for hydroxylation is 1. The maximum atomic E-state index is 3.57. The Bertz CT molecular complexity index is 377. The lowest BCUT2D eigenvalue weighted by atomic mass is 10.2. The third-order valence-corrected chi connectivity index (χ3v) is 5.14. The van der Waals surface area contributed by atoms with E-state index in [-0.39, 0.29) is 0 Å². The molecule has 0 aliphatic carbocycles. The largest absolute Gasteiger partial charge is 0.311 e. The van der Waals surface area contributed by atoms with Crippen LogP contribution in [0.15, 0.2) is 11.4 Å². The van der Waals surface area contributed by atoms with Crippen molar-refractivity contribution in [3.63, 3.8) is 0 Å². The van der Waals surface area contributed by atoms with Gasteiger partial charge in [-0.3, -0.25) is 9.80 Å². The van der Waals surface area contributed by atoms with Gasteiger partial charge in [-0.2, -0.15) is 0 Å². The van der Waals surface area contributed by atoms with Crippen molar-refractivity contribution in [2.75, 3.05) is 39.3 Å². The van der Waals surface area contributed by atoms with Gasteiger partial charge in [0.05, 0.1) is 0 Å². The molecule has 1 aliphatic rings. The first kappa shape index (κ1) is 15.0. The fraction of sp³-hybridized carbons (Fsp3) is 0.733. The van der Waals surface area contributed by atoms with Crippen molar-refractivity contribution >= 4 is 11.3 Å². The lowest BCUT2D eigenvalue weighted by Crippen LogP contribution is -2.52. The first-order valence-corrected chi connectivity index (χ1v) is 8.28. The van der Waals surface area contributed by atoms with Crippen molar-refractivity contribution in [2.45, 2.75) is 33.4 Å². The van der Waals surface area contributed by atoms with E-state index in [4.69, 9.17) is 0 Å². The van der Waals surface area contributed by atoms with E-state index < -0.39 is 0 Å². The normalized spacial score (nSPS) is 21.9. The average Bonchev–Trinajstić information content (AvgIpc) is 2.80. The van der Waals surface area contributed by atoms with Crippen LogP contribution in [0.4, 0.5) is 0 Å². The van der Waals surface area contributed by atoms with Crippen LogP contribution in [-0.2, 0) is 6.54 Å². The molecule has 108 valence electrons. The molecule has 1 aromatic heterocycles. The van der Waals surface area contributed by atoms with Crippen LogP contribution in [0.25, 0.3) is 0 Å². The van der Waals surface area contributed by atoms with Crippen molar-refractivity contribution in [1.29, 1.82) is 0 Å². The Morgan fingerprint density at radius 1 is 1.42 bits per heavy atom. The predicted octanol–water partition coefficient (Wildman–Crippen LogP) is 2.17. The highest BCUT2D eigenvalue weighted by Gasteiger charge is 2.21. The Hall–Kier alpha value is -0.420. The third kappa shape index (κ3) is 4.28. The van der Waals surface area contributed by atoms with E-state index in [1.54, 1.807) is 0 Å². The van der Waals surface area contributed by atoms with Crippen molar-refractivity contribution in [2.24, 2.45) is 0 Å². The molecule has 1 N–H and O–H groups in total. The minimum absolute atomic E-state index is 0.707. The van der Waals surface area contributed by atoms with E-state index >= 15 is 0 Å². The Kier molecular flexibility index (Phi) is 5.82. The summed E-state index contributed by atoms with van der Waals surface area (Å²) in [6, 6.07) is 2.91. The molecule has 1 fully saturated rings. The summed E-state index contributed by atoms with van der Waals surface area (Å²) in [6.07, 6.45) is 0. The molecule has 2 rings (SSSR count). The summed E-state index contributed by atoms with van der Waals surface area (Å²) in [5.41, 5.74) is 1.42. The molecule has 1 unspecified atom stereocenters. The van der Waals surface area contributed by atoms with Gasteiger partial charge in [-0.05, 0) is 37.4 Å². The molecule has 0 aromatic carbocycles. The van der Waals surface area contributed by atoms with E-state index in [9.17, 15) is 0 Å². The number of hydrogen-bond acceptors (Lipinski definition) is 4. The van der Waals surface area contributed by atoms with Gasteiger partial charge in [-0.25, -0.2) is 0 Å². The quantitative estimate of drug-likeness (QED) is 0.806. The van der Waals surface area contributed by atoms with E-state index in [2.05, 4.69) is 47.3 Å². The molecule has 1 atom stereocenters. The molecule has 4 heteroatoms. The fourth-order valence-electron chi connectivity index (χ4n) is 2.77. The highest BCUT2D eigenvalue weighted by Crippen LogP contribution is 2.14. The number of thiophene rings is 1. The summed E-state index contributed by atoms with van der Waals surface area (Å²) in [6.45, 7) is 14.9. The maximum Gasteiger partial charge on any atom is 0.0302 e. The van der Waals surface area contributed by atoms with Crippen LogP contribution in [0.2, 0.25) is 0 Å². The Morgan fingerprint density at radius 3 is 2.89 bits per heavy atom. The molecule has 1 saturated heterocycles. The summed E-state index contributed by atoms with van der Waals surface area (Å²) < 4.78 is 0. The third-order valence-electron chi connectivity index (χ3n) is 4.11. The highest BCUT2D eigenvalue weighted by atomic mass is 32.1. The highest BCUT2D eigenvalue weighted by molar-refractivity contribution is 7.10. The van der Waals surface area contributed by atoms with Gasteiger partial charge in [0.25, 0.3) is 0 Å². The van der Waals surface area contributed by atoms with E-state index in [1.165, 1.54) is 43.2 Å². The molecule has 0 amide bonds. The number of piperazine rings is 1. The summed E-state index contributed by atoms with van der Waals surface area (Å²) in [5.74, 6) is 0. The van der Waals surface area contributed by atoms with Crippen molar-refractivity contribution in [3.05, 3.63) is 21.9 Å². The summed E-state index contributed by atoms with van der Waals surface area (Å²) >= 11 is 1.86. The van der Waals surface area contributed by atoms with Gasteiger partial charge < -0.3 is 5.32 Å². The Labute approximate surface area is 121 Å². The first-order valence-electron chi connectivity index (χ1n) is 7.40. The van der Waals surface area contributed by atoms with Gasteiger partial charge in [-0.1, -0.05) is 6.92 Å². The molecular weight excluding hydrogens is 254 g/mol. The van der Waals surface area contributed by atoms with E-state index in [1.807, 2.05) is 11.3 Å². The SMILES string of the molecule is CCN1CCN(CCNCc2sccc2C)CC1C. The van der Waals surface area contributed by atoms with Gasteiger partial charge in [0.15, 0.2) is 0 Å². The number of nitrogens with one attached hydrogen (secondary N) is 1. The van der Waals surface area contributed by atoms with Gasteiger partial charge in [0.2, 0.25) is 0 Å². The average molecular weight is 281 g/mol. The zero-order valence-corrected chi connectivity index (χ0v) is 13.3. The van der Waals surface area contributed by atoms with Crippen LogP contribution in [-0.4, -0.2) is 55.1 Å². The van der Waals surface area contributed by atoms with Gasteiger partial charge in [0.1, 0.15) is 0 Å². The van der Waals surface area contributed by atoms with Crippen LogP contribution < -0.4 is 5.32 Å². The van der Waals surface area contributed by atoms with Crippen molar-refractivity contribution in [3.8, 4) is 0 Å². The summed E-state index contributed by atoms with van der Waals surface area (Å²) in [7, 11) is 0. The Balaban J connectivity index is 1.63. The molecule has 1 aromatic rings. The minimum atomic E-state index is 0.707. The molecule has 3 nitrogen and oxygen atoms in total. The zero-order valence-electron chi connectivity index (χ0n) is 12.5. The van der Waals surface area contributed by atoms with Crippen molar-refractivity contribution < 1.29 is 0 Å². The van der Waals surface area contributed by atoms with Gasteiger partial charge >= 0.3 is 0 Å². The monoisotopic (exact) mass is 281 g/mol. The maximum absolute atomic E-state index is 3.57. The molecule has 0 saturated carbocycles. The molecule has 2 heterocycles. The van der Waals surface area contributed by atoms with Crippen molar-refractivity contribution in [1.82, 2.24) is 15.1 Å². The number of hydrogen-bond donors (Lipinski definition) is 1. The summed E-state index contributed by atoms with van der Waals surface area (Å²) in [5, 5.41) is 5.75. The minimum Gasteiger partial charge on any atom is -0.311 e. The first-order chi connectivity index (χ1) is 9.20.